The lowest BCUT2D eigenvalue weighted by atomic mass is 9.90. The molecule has 5 rings (SSSR count). The van der Waals surface area contributed by atoms with Crippen molar-refractivity contribution in [1.29, 1.82) is 0 Å². The number of amides is 2. The monoisotopic (exact) mass is 563 g/mol. The average Bonchev–Trinajstić information content (AvgIpc) is 3.54. The van der Waals surface area contributed by atoms with Crippen molar-refractivity contribution in [2.45, 2.75) is 37.3 Å². The molecule has 1 saturated heterocycles. The summed E-state index contributed by atoms with van der Waals surface area (Å²) < 4.78 is 2.01. The lowest BCUT2D eigenvalue weighted by Gasteiger charge is -2.29. The van der Waals surface area contributed by atoms with Gasteiger partial charge in [-0.25, -0.2) is 0 Å². The summed E-state index contributed by atoms with van der Waals surface area (Å²) in [7, 11) is 1.93. The summed E-state index contributed by atoms with van der Waals surface area (Å²) in [6.07, 6.45) is 6.35. The van der Waals surface area contributed by atoms with E-state index in [1.54, 1.807) is 0 Å². The Morgan fingerprint density at radius 3 is 2.17 bits per heavy atom. The van der Waals surface area contributed by atoms with E-state index in [1.807, 2.05) is 77.4 Å². The first-order valence-electron chi connectivity index (χ1n) is 14.9. The van der Waals surface area contributed by atoms with Crippen LogP contribution in [0.1, 0.15) is 46.7 Å². The van der Waals surface area contributed by atoms with Gasteiger partial charge in [0.2, 0.25) is 5.91 Å². The highest BCUT2D eigenvalue weighted by Crippen LogP contribution is 2.27. The van der Waals surface area contributed by atoms with Gasteiger partial charge >= 0.3 is 0 Å². The first kappa shape index (κ1) is 29.3. The number of nitrogens with zero attached hydrogens (tertiary/aromatic N) is 2. The molecule has 1 aliphatic heterocycles. The molecule has 2 unspecified atom stereocenters. The average molecular weight is 564 g/mol. The van der Waals surface area contributed by atoms with E-state index in [4.69, 9.17) is 0 Å². The highest BCUT2D eigenvalue weighted by molar-refractivity contribution is 5.94. The molecule has 3 N–H and O–H groups in total. The van der Waals surface area contributed by atoms with Crippen LogP contribution in [0.5, 0.6) is 0 Å². The van der Waals surface area contributed by atoms with E-state index in [-0.39, 0.29) is 29.8 Å². The highest BCUT2D eigenvalue weighted by atomic mass is 16.2. The minimum absolute atomic E-state index is 0.00599. The van der Waals surface area contributed by atoms with Crippen molar-refractivity contribution in [3.05, 3.63) is 126 Å². The van der Waals surface area contributed by atoms with E-state index in [1.165, 1.54) is 11.1 Å². The van der Waals surface area contributed by atoms with E-state index < -0.39 is 0 Å². The second-order valence-corrected chi connectivity index (χ2v) is 11.0. The highest BCUT2D eigenvalue weighted by Gasteiger charge is 2.32. The Balaban J connectivity index is 1.27. The zero-order valence-corrected chi connectivity index (χ0v) is 24.3. The Morgan fingerprint density at radius 2 is 1.55 bits per heavy atom. The molecule has 218 valence electrons. The number of carbonyl (C=O) groups excluding carboxylic acids is 2. The maximum Gasteiger partial charge on any atom is 0.251 e. The van der Waals surface area contributed by atoms with Gasteiger partial charge in [0.1, 0.15) is 0 Å². The largest absolute Gasteiger partial charge is 0.350 e. The number of hydrogen-bond acceptors (Lipinski definition) is 4. The first-order valence-corrected chi connectivity index (χ1v) is 14.9. The zero-order chi connectivity index (χ0) is 29.1. The molecule has 2 amide bonds. The summed E-state index contributed by atoms with van der Waals surface area (Å²) in [5, 5.41) is 9.91. The molecule has 1 fully saturated rings. The Hall–Kier alpha value is -4.20. The molecule has 42 heavy (non-hydrogen) atoms. The van der Waals surface area contributed by atoms with Crippen LogP contribution in [-0.4, -0.2) is 66.6 Å². The molecule has 7 heteroatoms. The fourth-order valence-corrected chi connectivity index (χ4v) is 5.72. The molecule has 2 atom stereocenters. The van der Waals surface area contributed by atoms with Gasteiger partial charge in [0.15, 0.2) is 0 Å². The molecular formula is C35H41N5O2. The molecule has 0 bridgehead atoms. The summed E-state index contributed by atoms with van der Waals surface area (Å²) in [5.74, 6) is 0.112. The fourth-order valence-electron chi connectivity index (χ4n) is 5.72. The molecule has 0 spiro atoms. The van der Waals surface area contributed by atoms with Crippen molar-refractivity contribution in [3.63, 3.8) is 0 Å². The summed E-state index contributed by atoms with van der Waals surface area (Å²) in [6.45, 7) is 2.56. The molecule has 0 saturated carbocycles. The van der Waals surface area contributed by atoms with Gasteiger partial charge < -0.3 is 25.4 Å². The first-order chi connectivity index (χ1) is 20.6. The lowest BCUT2D eigenvalue weighted by molar-refractivity contribution is -0.133. The summed E-state index contributed by atoms with van der Waals surface area (Å²) in [5.41, 5.74) is 4.03. The third-order valence-corrected chi connectivity index (χ3v) is 8.06. The maximum atomic E-state index is 13.9. The number of carbonyl (C=O) groups is 2. The van der Waals surface area contributed by atoms with Crippen molar-refractivity contribution < 1.29 is 9.59 Å². The van der Waals surface area contributed by atoms with Gasteiger partial charge in [0.25, 0.3) is 5.91 Å². The predicted octanol–water partition coefficient (Wildman–Crippen LogP) is 4.60. The normalized spacial score (nSPS) is 17.3. The van der Waals surface area contributed by atoms with Crippen LogP contribution in [0.25, 0.3) is 5.69 Å². The van der Waals surface area contributed by atoms with Gasteiger partial charge in [0.05, 0.1) is 6.04 Å². The molecule has 7 nitrogen and oxygen atoms in total. The summed E-state index contributed by atoms with van der Waals surface area (Å²) >= 11 is 0. The van der Waals surface area contributed by atoms with Crippen LogP contribution in [0.2, 0.25) is 0 Å². The standard InChI is InChI=1S/C35H41N5O2/c1-36-21-10-15-33-35(42)40(26-32(27-11-4-2-5-12-27)28-13-6-3-7-14-28)24-20-30(38-33)25-37-34(41)29-16-18-31(19-17-29)39-22-8-9-23-39/h2-9,11-14,16-19,22-23,30,32-33,36,38H,10,15,20-21,24-26H2,1H3,(H,37,41). The Bertz CT molecular complexity index is 1350. The molecule has 2 heterocycles. The van der Waals surface area contributed by atoms with E-state index >= 15 is 0 Å². The fraction of sp³-hybridized carbons (Fsp3) is 0.314. The van der Waals surface area contributed by atoms with E-state index in [0.717, 1.165) is 31.5 Å². The lowest BCUT2D eigenvalue weighted by Crippen LogP contribution is -2.49. The number of nitrogens with one attached hydrogen (secondary N) is 3. The van der Waals surface area contributed by atoms with Crippen LogP contribution in [0.15, 0.2) is 109 Å². The van der Waals surface area contributed by atoms with Crippen molar-refractivity contribution in [2.75, 3.05) is 33.2 Å². The minimum Gasteiger partial charge on any atom is -0.350 e. The van der Waals surface area contributed by atoms with E-state index in [0.29, 0.717) is 25.2 Å². The van der Waals surface area contributed by atoms with Crippen LogP contribution in [0, 0.1) is 0 Å². The number of hydrogen-bond donors (Lipinski definition) is 3. The van der Waals surface area contributed by atoms with Crippen molar-refractivity contribution >= 4 is 11.8 Å². The van der Waals surface area contributed by atoms with Crippen LogP contribution in [-0.2, 0) is 4.79 Å². The smallest absolute Gasteiger partial charge is 0.251 e. The summed E-state index contributed by atoms with van der Waals surface area (Å²) in [4.78, 5) is 29.0. The van der Waals surface area contributed by atoms with Gasteiger partial charge in [-0.05, 0) is 80.4 Å². The second kappa shape index (κ2) is 14.6. The molecule has 3 aromatic carbocycles. The Morgan fingerprint density at radius 1 is 0.905 bits per heavy atom. The molecule has 1 aromatic heterocycles. The molecule has 4 aromatic rings. The predicted molar refractivity (Wildman–Crippen MR) is 168 cm³/mol. The van der Waals surface area contributed by atoms with Crippen LogP contribution >= 0.6 is 0 Å². The van der Waals surface area contributed by atoms with Gasteiger partial charge in [-0.2, -0.15) is 0 Å². The Labute approximate surface area is 248 Å². The van der Waals surface area contributed by atoms with Gasteiger partial charge in [0, 0.05) is 55.2 Å². The minimum atomic E-state index is -0.296. The molecule has 0 radical (unpaired) electrons. The zero-order valence-electron chi connectivity index (χ0n) is 24.3. The Kier molecular flexibility index (Phi) is 10.2. The number of benzene rings is 3. The SMILES string of the molecule is CNCCCC1NC(CNC(=O)c2ccc(-n3cccc3)cc2)CCN(CC(c2ccccc2)c2ccccc2)C1=O. The van der Waals surface area contributed by atoms with Crippen molar-refractivity contribution in [3.8, 4) is 5.69 Å². The number of rotatable bonds is 12. The van der Waals surface area contributed by atoms with Crippen molar-refractivity contribution in [1.82, 2.24) is 25.4 Å². The second-order valence-electron chi connectivity index (χ2n) is 11.0. The molecule has 1 aliphatic rings. The van der Waals surface area contributed by atoms with Gasteiger partial charge in [-0.15, -0.1) is 0 Å². The number of aromatic nitrogens is 1. The van der Waals surface area contributed by atoms with Crippen molar-refractivity contribution in [2.24, 2.45) is 0 Å². The quantitative estimate of drug-likeness (QED) is 0.220. The third-order valence-electron chi connectivity index (χ3n) is 8.06. The van der Waals surface area contributed by atoms with Crippen LogP contribution in [0.4, 0.5) is 0 Å². The van der Waals surface area contributed by atoms with E-state index in [2.05, 4.69) is 64.5 Å². The van der Waals surface area contributed by atoms with Crippen LogP contribution < -0.4 is 16.0 Å². The maximum absolute atomic E-state index is 13.9. The molecule has 0 aliphatic carbocycles. The summed E-state index contributed by atoms with van der Waals surface area (Å²) in [6, 6.07) is 32.1. The van der Waals surface area contributed by atoms with Gasteiger partial charge in [-0.3, -0.25) is 9.59 Å². The van der Waals surface area contributed by atoms with Gasteiger partial charge in [-0.1, -0.05) is 60.7 Å². The van der Waals surface area contributed by atoms with E-state index in [9.17, 15) is 9.59 Å². The van der Waals surface area contributed by atoms with Crippen LogP contribution in [0.3, 0.4) is 0 Å². The topological polar surface area (TPSA) is 78.4 Å². The molecular weight excluding hydrogens is 522 g/mol. The third kappa shape index (κ3) is 7.55.